The Labute approximate surface area is 70.1 Å². The van der Waals surface area contributed by atoms with E-state index in [0.717, 1.165) is 12.8 Å². The molecule has 0 aliphatic carbocycles. The van der Waals surface area contributed by atoms with Crippen LogP contribution in [0.5, 0.6) is 0 Å². The molecule has 0 saturated heterocycles. The monoisotopic (exact) mass is 155 g/mol. The minimum atomic E-state index is -0.293. The number of hydrogen-bond donors (Lipinski definition) is 1. The van der Waals surface area contributed by atoms with Gasteiger partial charge >= 0.3 is 0 Å². The van der Waals surface area contributed by atoms with Crippen molar-refractivity contribution in [3.05, 3.63) is 19.6 Å². The van der Waals surface area contributed by atoms with Crippen molar-refractivity contribution < 1.29 is 5.11 Å². The maximum Gasteiger partial charge on any atom is 0.0602 e. The summed E-state index contributed by atoms with van der Waals surface area (Å²) in [6.07, 6.45) is 5.46. The van der Waals surface area contributed by atoms with Crippen LogP contribution in [0.2, 0.25) is 0 Å². The molecule has 0 aliphatic rings. The third kappa shape index (κ3) is 5.02. The van der Waals surface area contributed by atoms with Gasteiger partial charge in [0.25, 0.3) is 0 Å². The first-order valence-corrected chi connectivity index (χ1v) is 4.34. The molecule has 0 rings (SSSR count). The molecule has 2 atom stereocenters. The van der Waals surface area contributed by atoms with Crippen molar-refractivity contribution in [1.82, 2.24) is 0 Å². The Morgan fingerprint density at radius 3 is 2.64 bits per heavy atom. The summed E-state index contributed by atoms with van der Waals surface area (Å²) < 4.78 is 0. The highest BCUT2D eigenvalue weighted by Crippen LogP contribution is 2.14. The van der Waals surface area contributed by atoms with Crippen LogP contribution in [0.15, 0.2) is 12.7 Å². The van der Waals surface area contributed by atoms with Crippen LogP contribution in [0.25, 0.3) is 0 Å². The van der Waals surface area contributed by atoms with Crippen LogP contribution in [0.1, 0.15) is 32.6 Å². The molecule has 1 heteroatoms. The van der Waals surface area contributed by atoms with E-state index in [0.29, 0.717) is 6.42 Å². The summed E-state index contributed by atoms with van der Waals surface area (Å²) in [7, 11) is 0. The highest BCUT2D eigenvalue weighted by molar-refractivity contribution is 4.78. The van der Waals surface area contributed by atoms with E-state index >= 15 is 0 Å². The highest BCUT2D eigenvalue weighted by atomic mass is 16.3. The van der Waals surface area contributed by atoms with E-state index in [1.165, 1.54) is 6.42 Å². The fourth-order valence-corrected chi connectivity index (χ4v) is 1.02. The van der Waals surface area contributed by atoms with Gasteiger partial charge in [0.2, 0.25) is 0 Å². The number of aliphatic hydroxyl groups excluding tert-OH is 1. The van der Waals surface area contributed by atoms with Crippen LogP contribution in [0, 0.1) is 12.8 Å². The maximum atomic E-state index is 9.41. The van der Waals surface area contributed by atoms with Crippen molar-refractivity contribution in [1.29, 1.82) is 0 Å². The van der Waals surface area contributed by atoms with Crippen LogP contribution in [-0.2, 0) is 0 Å². The summed E-state index contributed by atoms with van der Waals surface area (Å²) in [6, 6.07) is 0. The number of aliphatic hydroxyl groups is 1. The van der Waals surface area contributed by atoms with Gasteiger partial charge < -0.3 is 5.11 Å². The second-order valence-corrected chi connectivity index (χ2v) is 2.99. The Morgan fingerprint density at radius 1 is 1.55 bits per heavy atom. The third-order valence-corrected chi connectivity index (χ3v) is 1.88. The number of hydrogen-bond acceptors (Lipinski definition) is 1. The molecule has 0 amide bonds. The zero-order valence-corrected chi connectivity index (χ0v) is 7.42. The predicted molar refractivity (Wildman–Crippen MR) is 49.2 cm³/mol. The molecule has 0 bridgehead atoms. The smallest absolute Gasteiger partial charge is 0.0602 e. The Hall–Kier alpha value is -0.300. The maximum absolute atomic E-state index is 9.41. The fraction of sp³-hybridized carbons (Fsp3) is 0.700. The molecule has 0 spiro atoms. The molecule has 65 valence electrons. The SMILES string of the molecule is [CH2]C(CCCC)C(O)CC=C. The average Bonchev–Trinajstić information content (AvgIpc) is 2.00. The summed E-state index contributed by atoms with van der Waals surface area (Å²) in [5, 5.41) is 9.41. The lowest BCUT2D eigenvalue weighted by molar-refractivity contribution is 0.126. The van der Waals surface area contributed by atoms with E-state index in [1.54, 1.807) is 6.08 Å². The van der Waals surface area contributed by atoms with Crippen molar-refractivity contribution in [2.75, 3.05) is 0 Å². The van der Waals surface area contributed by atoms with Crippen molar-refractivity contribution in [3.63, 3.8) is 0 Å². The summed E-state index contributed by atoms with van der Waals surface area (Å²) in [4.78, 5) is 0. The summed E-state index contributed by atoms with van der Waals surface area (Å²) in [5.74, 6) is 0.174. The molecular formula is C10H19O. The molecule has 0 saturated carbocycles. The molecule has 0 aromatic carbocycles. The Bertz CT molecular complexity index is 99.0. The lowest BCUT2D eigenvalue weighted by atomic mass is 9.96. The van der Waals surface area contributed by atoms with E-state index in [2.05, 4.69) is 20.4 Å². The van der Waals surface area contributed by atoms with Crippen molar-refractivity contribution in [3.8, 4) is 0 Å². The Kier molecular flexibility index (Phi) is 6.24. The molecule has 2 unspecified atom stereocenters. The standard InChI is InChI=1S/C10H19O/c1-4-6-8-9(3)10(11)7-5-2/h5,9-11H,2-4,6-8H2,1H3. The average molecular weight is 155 g/mol. The normalized spacial score (nSPS) is 15.9. The molecule has 1 radical (unpaired) electrons. The second-order valence-electron chi connectivity index (χ2n) is 2.99. The first-order chi connectivity index (χ1) is 5.22. The van der Waals surface area contributed by atoms with E-state index in [1.807, 2.05) is 0 Å². The topological polar surface area (TPSA) is 20.2 Å². The lowest BCUT2D eigenvalue weighted by Crippen LogP contribution is -2.16. The molecule has 0 heterocycles. The van der Waals surface area contributed by atoms with Gasteiger partial charge in [0, 0.05) is 0 Å². The van der Waals surface area contributed by atoms with Crippen LogP contribution < -0.4 is 0 Å². The first-order valence-electron chi connectivity index (χ1n) is 4.34. The van der Waals surface area contributed by atoms with Gasteiger partial charge in [0.05, 0.1) is 6.10 Å². The predicted octanol–water partition coefficient (Wildman–Crippen LogP) is 2.56. The molecule has 0 aromatic heterocycles. The lowest BCUT2D eigenvalue weighted by Gasteiger charge is -2.16. The third-order valence-electron chi connectivity index (χ3n) is 1.88. The summed E-state index contributed by atoms with van der Waals surface area (Å²) >= 11 is 0. The summed E-state index contributed by atoms with van der Waals surface area (Å²) in [5.41, 5.74) is 0. The van der Waals surface area contributed by atoms with Crippen molar-refractivity contribution in [2.45, 2.75) is 38.7 Å². The second kappa shape index (κ2) is 6.41. The molecule has 11 heavy (non-hydrogen) atoms. The molecule has 0 fully saturated rings. The number of rotatable bonds is 6. The largest absolute Gasteiger partial charge is 0.393 e. The van der Waals surface area contributed by atoms with Gasteiger partial charge in [-0.15, -0.1) is 6.58 Å². The van der Waals surface area contributed by atoms with Crippen LogP contribution in [0.3, 0.4) is 0 Å². The van der Waals surface area contributed by atoms with Crippen molar-refractivity contribution >= 4 is 0 Å². The molecule has 1 nitrogen and oxygen atoms in total. The molecule has 0 aliphatic heterocycles. The van der Waals surface area contributed by atoms with E-state index in [4.69, 9.17) is 0 Å². The minimum absolute atomic E-state index is 0.174. The zero-order chi connectivity index (χ0) is 8.69. The molecule has 1 N–H and O–H groups in total. The van der Waals surface area contributed by atoms with Gasteiger partial charge in [0.1, 0.15) is 0 Å². The van der Waals surface area contributed by atoms with Gasteiger partial charge in [-0.05, 0) is 25.7 Å². The van der Waals surface area contributed by atoms with Gasteiger partial charge in [-0.3, -0.25) is 0 Å². The van der Waals surface area contributed by atoms with Crippen LogP contribution in [-0.4, -0.2) is 11.2 Å². The van der Waals surface area contributed by atoms with Crippen LogP contribution in [0.4, 0.5) is 0 Å². The fourth-order valence-electron chi connectivity index (χ4n) is 1.02. The van der Waals surface area contributed by atoms with Crippen molar-refractivity contribution in [2.24, 2.45) is 5.92 Å². The molecular weight excluding hydrogens is 136 g/mol. The van der Waals surface area contributed by atoms with Gasteiger partial charge in [0.15, 0.2) is 0 Å². The zero-order valence-electron chi connectivity index (χ0n) is 7.42. The van der Waals surface area contributed by atoms with E-state index in [9.17, 15) is 5.11 Å². The van der Waals surface area contributed by atoms with E-state index < -0.39 is 0 Å². The van der Waals surface area contributed by atoms with Crippen LogP contribution >= 0.6 is 0 Å². The quantitative estimate of drug-likeness (QED) is 0.584. The van der Waals surface area contributed by atoms with Gasteiger partial charge in [-0.2, -0.15) is 0 Å². The molecule has 0 aromatic rings. The minimum Gasteiger partial charge on any atom is -0.393 e. The number of unbranched alkanes of at least 4 members (excludes halogenated alkanes) is 1. The summed E-state index contributed by atoms with van der Waals surface area (Å²) in [6.45, 7) is 9.62. The van der Waals surface area contributed by atoms with E-state index in [-0.39, 0.29) is 12.0 Å². The van der Waals surface area contributed by atoms with Gasteiger partial charge in [-0.1, -0.05) is 25.8 Å². The highest BCUT2D eigenvalue weighted by Gasteiger charge is 2.11. The van der Waals surface area contributed by atoms with Gasteiger partial charge in [-0.25, -0.2) is 0 Å². The first kappa shape index (κ1) is 10.7. The Morgan fingerprint density at radius 2 is 2.18 bits per heavy atom. The Balaban J connectivity index is 3.45.